The fourth-order valence-corrected chi connectivity index (χ4v) is 2.80. The molecule has 0 aromatic heterocycles. The van der Waals surface area contributed by atoms with Crippen LogP contribution < -0.4 is 5.73 Å². The molecule has 1 rings (SSSR count). The molecule has 2 heteroatoms. The van der Waals surface area contributed by atoms with Crippen LogP contribution >= 0.6 is 0 Å². The van der Waals surface area contributed by atoms with Crippen LogP contribution in [0.5, 0.6) is 0 Å². The summed E-state index contributed by atoms with van der Waals surface area (Å²) >= 11 is 0. The summed E-state index contributed by atoms with van der Waals surface area (Å²) in [7, 11) is 0. The smallest absolute Gasteiger partial charge is 0.0440 e. The molecule has 0 radical (unpaired) electrons. The van der Waals surface area contributed by atoms with Gasteiger partial charge < -0.3 is 10.8 Å². The summed E-state index contributed by atoms with van der Waals surface area (Å²) in [5, 5.41) is 9.38. The number of aliphatic hydroxyl groups excluding tert-OH is 1. The molecule has 0 heterocycles. The molecule has 0 saturated carbocycles. The highest BCUT2D eigenvalue weighted by molar-refractivity contribution is 5.27. The maximum absolute atomic E-state index is 9.38. The minimum Gasteiger partial charge on any atom is -0.396 e. The van der Waals surface area contributed by atoms with Gasteiger partial charge in [-0.2, -0.15) is 0 Å². The number of benzene rings is 1. The van der Waals surface area contributed by atoms with E-state index in [2.05, 4.69) is 38.1 Å². The van der Waals surface area contributed by atoms with Crippen LogP contribution in [-0.4, -0.2) is 17.8 Å². The average Bonchev–Trinajstić information content (AvgIpc) is 2.38. The maximum atomic E-state index is 9.38. The van der Waals surface area contributed by atoms with E-state index in [0.717, 1.165) is 25.7 Å². The van der Waals surface area contributed by atoms with Crippen molar-refractivity contribution in [1.29, 1.82) is 0 Å². The lowest BCUT2D eigenvalue weighted by atomic mass is 9.68. The third kappa shape index (κ3) is 3.08. The molecule has 0 saturated heterocycles. The molecule has 0 amide bonds. The predicted molar refractivity (Wildman–Crippen MR) is 73.0 cm³/mol. The number of hydrogen-bond acceptors (Lipinski definition) is 2. The largest absolute Gasteiger partial charge is 0.396 e. The number of nitrogens with two attached hydrogens (primary N) is 1. The van der Waals surface area contributed by atoms with Gasteiger partial charge in [-0.1, -0.05) is 50.6 Å². The first-order valence-corrected chi connectivity index (χ1v) is 6.63. The zero-order valence-electron chi connectivity index (χ0n) is 11.0. The monoisotopic (exact) mass is 235 g/mol. The van der Waals surface area contributed by atoms with E-state index in [1.165, 1.54) is 5.56 Å². The van der Waals surface area contributed by atoms with Crippen LogP contribution in [0.2, 0.25) is 0 Å². The molecule has 0 aliphatic heterocycles. The second kappa shape index (κ2) is 6.77. The average molecular weight is 235 g/mol. The van der Waals surface area contributed by atoms with E-state index < -0.39 is 0 Å². The molecule has 2 nitrogen and oxygen atoms in total. The summed E-state index contributed by atoms with van der Waals surface area (Å²) in [5.74, 6) is 0. The fourth-order valence-electron chi connectivity index (χ4n) is 2.80. The van der Waals surface area contributed by atoms with Crippen LogP contribution in [0.15, 0.2) is 30.3 Å². The lowest BCUT2D eigenvalue weighted by Crippen LogP contribution is -2.45. The Morgan fingerprint density at radius 1 is 1.18 bits per heavy atom. The van der Waals surface area contributed by atoms with Gasteiger partial charge in [-0.15, -0.1) is 0 Å². The Morgan fingerprint density at radius 3 is 2.29 bits per heavy atom. The van der Waals surface area contributed by atoms with Crippen LogP contribution in [0.3, 0.4) is 0 Å². The molecule has 0 bridgehead atoms. The highest BCUT2D eigenvalue weighted by atomic mass is 16.3. The van der Waals surface area contributed by atoms with Crippen molar-refractivity contribution in [2.45, 2.75) is 51.0 Å². The molecule has 96 valence electrons. The van der Waals surface area contributed by atoms with Gasteiger partial charge in [-0.25, -0.2) is 0 Å². The van der Waals surface area contributed by atoms with Gasteiger partial charge >= 0.3 is 0 Å². The van der Waals surface area contributed by atoms with Gasteiger partial charge in [0.2, 0.25) is 0 Å². The second-order valence-corrected chi connectivity index (χ2v) is 4.76. The van der Waals surface area contributed by atoms with Gasteiger partial charge in [0.25, 0.3) is 0 Å². The van der Waals surface area contributed by atoms with Gasteiger partial charge in [0.05, 0.1) is 0 Å². The number of hydrogen-bond donors (Lipinski definition) is 2. The van der Waals surface area contributed by atoms with Crippen LogP contribution in [0.4, 0.5) is 0 Å². The molecule has 0 spiro atoms. The van der Waals surface area contributed by atoms with Crippen molar-refractivity contribution in [3.05, 3.63) is 35.9 Å². The van der Waals surface area contributed by atoms with Crippen molar-refractivity contribution in [3.63, 3.8) is 0 Å². The van der Waals surface area contributed by atoms with Crippen molar-refractivity contribution in [2.24, 2.45) is 5.73 Å². The minimum absolute atomic E-state index is 0.0699. The van der Waals surface area contributed by atoms with Gasteiger partial charge in [0.15, 0.2) is 0 Å². The van der Waals surface area contributed by atoms with E-state index in [9.17, 15) is 5.11 Å². The molecule has 1 aromatic rings. The highest BCUT2D eigenvalue weighted by Gasteiger charge is 2.35. The highest BCUT2D eigenvalue weighted by Crippen LogP contribution is 2.36. The van der Waals surface area contributed by atoms with E-state index in [1.807, 2.05) is 6.07 Å². The third-order valence-electron chi connectivity index (χ3n) is 3.75. The van der Waals surface area contributed by atoms with Crippen LogP contribution in [0, 0.1) is 0 Å². The first kappa shape index (κ1) is 14.2. The van der Waals surface area contributed by atoms with E-state index in [1.54, 1.807) is 0 Å². The Balaban J connectivity index is 3.14. The Hall–Kier alpha value is -0.860. The van der Waals surface area contributed by atoms with Crippen molar-refractivity contribution >= 4 is 0 Å². The van der Waals surface area contributed by atoms with Gasteiger partial charge in [-0.3, -0.25) is 0 Å². The summed E-state index contributed by atoms with van der Waals surface area (Å²) < 4.78 is 0. The van der Waals surface area contributed by atoms with Gasteiger partial charge in [0.1, 0.15) is 0 Å². The normalized spacial score (nSPS) is 16.5. The van der Waals surface area contributed by atoms with E-state index >= 15 is 0 Å². The van der Waals surface area contributed by atoms with Crippen molar-refractivity contribution in [3.8, 4) is 0 Å². The Kier molecular flexibility index (Phi) is 5.66. The topological polar surface area (TPSA) is 46.2 Å². The zero-order chi connectivity index (χ0) is 12.7. The minimum atomic E-state index is -0.0699. The lowest BCUT2D eigenvalue weighted by Gasteiger charge is -2.39. The first-order chi connectivity index (χ1) is 8.21. The molecule has 0 aliphatic rings. The summed E-state index contributed by atoms with van der Waals surface area (Å²) in [6.07, 6.45) is 3.81. The molecule has 0 fully saturated rings. The molecule has 3 N–H and O–H groups in total. The lowest BCUT2D eigenvalue weighted by molar-refractivity contribution is 0.201. The quantitative estimate of drug-likeness (QED) is 0.763. The zero-order valence-corrected chi connectivity index (χ0v) is 11.0. The molecule has 0 aliphatic carbocycles. The summed E-state index contributed by atoms with van der Waals surface area (Å²) in [5.41, 5.74) is 7.54. The van der Waals surface area contributed by atoms with Crippen molar-refractivity contribution in [1.82, 2.24) is 0 Å². The van der Waals surface area contributed by atoms with Gasteiger partial charge in [-0.05, 0) is 24.8 Å². The Morgan fingerprint density at radius 2 is 1.82 bits per heavy atom. The van der Waals surface area contributed by atoms with E-state index in [4.69, 9.17) is 5.73 Å². The number of aliphatic hydroxyl groups is 1. The predicted octanol–water partition coefficient (Wildman–Crippen LogP) is 2.84. The molecular weight excluding hydrogens is 210 g/mol. The summed E-state index contributed by atoms with van der Waals surface area (Å²) in [6.45, 7) is 4.50. The molecule has 2 atom stereocenters. The van der Waals surface area contributed by atoms with Gasteiger partial charge in [0, 0.05) is 18.1 Å². The third-order valence-corrected chi connectivity index (χ3v) is 3.75. The Bertz CT molecular complexity index is 304. The molecule has 1 aromatic carbocycles. The van der Waals surface area contributed by atoms with E-state index in [-0.39, 0.29) is 18.1 Å². The molecular formula is C15H25NO. The van der Waals surface area contributed by atoms with E-state index in [0.29, 0.717) is 0 Å². The number of rotatable bonds is 7. The maximum Gasteiger partial charge on any atom is 0.0440 e. The fraction of sp³-hybridized carbons (Fsp3) is 0.600. The first-order valence-electron chi connectivity index (χ1n) is 6.63. The second-order valence-electron chi connectivity index (χ2n) is 4.76. The SMILES string of the molecule is CCCC(CCO)(c1ccccc1)C(N)CC. The van der Waals surface area contributed by atoms with Crippen LogP contribution in [0.1, 0.15) is 45.1 Å². The van der Waals surface area contributed by atoms with Crippen molar-refractivity contribution < 1.29 is 5.11 Å². The summed E-state index contributed by atoms with van der Waals surface area (Å²) in [4.78, 5) is 0. The molecule has 17 heavy (non-hydrogen) atoms. The van der Waals surface area contributed by atoms with Crippen LogP contribution in [-0.2, 0) is 5.41 Å². The standard InChI is InChI=1S/C15H25NO/c1-3-10-15(11-12-17,14(16)4-2)13-8-6-5-7-9-13/h5-9,14,17H,3-4,10-12,16H2,1-2H3. The van der Waals surface area contributed by atoms with Crippen molar-refractivity contribution in [2.75, 3.05) is 6.61 Å². The Labute approximate surface area is 105 Å². The van der Waals surface area contributed by atoms with Crippen LogP contribution in [0.25, 0.3) is 0 Å². The molecule has 2 unspecified atom stereocenters. The summed E-state index contributed by atoms with van der Waals surface area (Å²) in [6, 6.07) is 10.5.